The van der Waals surface area contributed by atoms with Gasteiger partial charge in [0.15, 0.2) is 0 Å². The maximum absolute atomic E-state index is 12.3. The number of hydrogen-bond donors (Lipinski definition) is 1. The number of fused-ring (bicyclic) bond motifs is 3. The predicted octanol–water partition coefficient (Wildman–Crippen LogP) is 3.84. The number of benzene rings is 1. The van der Waals surface area contributed by atoms with Crippen molar-refractivity contribution in [1.29, 1.82) is 0 Å². The summed E-state index contributed by atoms with van der Waals surface area (Å²) < 4.78 is 5.20. The van der Waals surface area contributed by atoms with Gasteiger partial charge in [0.25, 0.3) is 0 Å². The molecular weight excluding hydrogens is 335 g/mol. The van der Waals surface area contributed by atoms with Gasteiger partial charge in [0.2, 0.25) is 0 Å². The lowest BCUT2D eigenvalue weighted by Gasteiger charge is -2.28. The van der Waals surface area contributed by atoms with Crippen molar-refractivity contribution >= 4 is 40.9 Å². The molecule has 1 aliphatic rings. The lowest BCUT2D eigenvalue weighted by Crippen LogP contribution is -2.33. The molecule has 1 aromatic carbocycles. The molecule has 0 spiro atoms. The molecule has 1 atom stereocenters. The fraction of sp³-hybridized carbons (Fsp3) is 0.471. The van der Waals surface area contributed by atoms with Crippen molar-refractivity contribution in [2.24, 2.45) is 0 Å². The number of halogens is 2. The Kier molecular flexibility index (Phi) is 5.61. The van der Waals surface area contributed by atoms with E-state index in [4.69, 9.17) is 16.3 Å². The second kappa shape index (κ2) is 7.12. The first-order chi connectivity index (χ1) is 10.5. The van der Waals surface area contributed by atoms with Crippen LogP contribution in [-0.4, -0.2) is 42.6 Å². The summed E-state index contributed by atoms with van der Waals surface area (Å²) in [5.74, 6) is -0.280. The van der Waals surface area contributed by atoms with Crippen molar-refractivity contribution < 1.29 is 9.53 Å². The summed E-state index contributed by atoms with van der Waals surface area (Å²) in [4.78, 5) is 17.9. The first kappa shape index (κ1) is 18.1. The van der Waals surface area contributed by atoms with Crippen LogP contribution in [0.4, 0.5) is 0 Å². The van der Waals surface area contributed by atoms with Gasteiger partial charge in [-0.05, 0) is 58.0 Å². The SMILES string of the molecule is CCOC(=O)c1ccc(Cl)c2[nH]c3c(c12)CC(N(C)C)CC3.Cl. The van der Waals surface area contributed by atoms with E-state index in [0.29, 0.717) is 23.2 Å². The fourth-order valence-electron chi connectivity index (χ4n) is 3.30. The van der Waals surface area contributed by atoms with Gasteiger partial charge in [-0.1, -0.05) is 11.6 Å². The van der Waals surface area contributed by atoms with E-state index in [9.17, 15) is 4.79 Å². The van der Waals surface area contributed by atoms with E-state index >= 15 is 0 Å². The number of hydrogen-bond acceptors (Lipinski definition) is 3. The standard InChI is InChI=1S/C17H21ClN2O2.ClH/c1-4-22-17(21)11-6-7-13(18)16-15(11)12-9-10(20(2)3)5-8-14(12)19-16;/h6-7,10,19H,4-5,8-9H2,1-3H3;1H. The topological polar surface area (TPSA) is 45.3 Å². The largest absolute Gasteiger partial charge is 0.462 e. The van der Waals surface area contributed by atoms with Gasteiger partial charge in [0, 0.05) is 17.1 Å². The molecule has 3 rings (SSSR count). The molecule has 1 heterocycles. The van der Waals surface area contributed by atoms with Crippen molar-refractivity contribution in [3.05, 3.63) is 34.0 Å². The highest BCUT2D eigenvalue weighted by Crippen LogP contribution is 2.36. The molecule has 0 saturated carbocycles. The van der Waals surface area contributed by atoms with Crippen molar-refractivity contribution in [1.82, 2.24) is 9.88 Å². The molecule has 0 bridgehead atoms. The second-order valence-electron chi connectivity index (χ2n) is 6.01. The number of likely N-dealkylation sites (N-methyl/N-ethyl adjacent to an activating group) is 1. The zero-order valence-electron chi connectivity index (χ0n) is 13.6. The molecule has 2 aromatic rings. The second-order valence-corrected chi connectivity index (χ2v) is 6.41. The van der Waals surface area contributed by atoms with E-state index in [2.05, 4.69) is 24.0 Å². The van der Waals surface area contributed by atoms with Gasteiger partial charge in [-0.3, -0.25) is 0 Å². The molecule has 23 heavy (non-hydrogen) atoms. The summed E-state index contributed by atoms with van der Waals surface area (Å²) in [6, 6.07) is 4.03. The van der Waals surface area contributed by atoms with Gasteiger partial charge in [-0.25, -0.2) is 4.79 Å². The smallest absolute Gasteiger partial charge is 0.338 e. The third-order valence-electron chi connectivity index (χ3n) is 4.49. The lowest BCUT2D eigenvalue weighted by molar-refractivity contribution is 0.0528. The Morgan fingerprint density at radius 1 is 1.43 bits per heavy atom. The summed E-state index contributed by atoms with van der Waals surface area (Å²) >= 11 is 6.34. The normalized spacial score (nSPS) is 17.0. The number of aromatic amines is 1. The summed E-state index contributed by atoms with van der Waals surface area (Å²) in [5, 5.41) is 1.59. The summed E-state index contributed by atoms with van der Waals surface area (Å²) in [6.07, 6.45) is 3.01. The molecule has 1 aliphatic carbocycles. The fourth-order valence-corrected chi connectivity index (χ4v) is 3.50. The highest BCUT2D eigenvalue weighted by molar-refractivity contribution is 6.35. The average molecular weight is 357 g/mol. The van der Waals surface area contributed by atoms with E-state index in [1.54, 1.807) is 12.1 Å². The molecule has 1 aromatic heterocycles. The third-order valence-corrected chi connectivity index (χ3v) is 4.80. The summed E-state index contributed by atoms with van der Waals surface area (Å²) in [6.45, 7) is 2.19. The minimum Gasteiger partial charge on any atom is -0.462 e. The molecule has 1 N–H and O–H groups in total. The van der Waals surface area contributed by atoms with E-state index < -0.39 is 0 Å². The van der Waals surface area contributed by atoms with Crippen LogP contribution in [0.5, 0.6) is 0 Å². The Morgan fingerprint density at radius 3 is 2.83 bits per heavy atom. The van der Waals surface area contributed by atoms with Crippen LogP contribution in [0.25, 0.3) is 10.9 Å². The molecule has 1 unspecified atom stereocenters. The Hall–Kier alpha value is -1.23. The van der Waals surface area contributed by atoms with Gasteiger partial charge in [0.1, 0.15) is 0 Å². The number of nitrogens with one attached hydrogen (secondary N) is 1. The first-order valence-corrected chi connectivity index (χ1v) is 8.06. The van der Waals surface area contributed by atoms with Crippen molar-refractivity contribution in [2.75, 3.05) is 20.7 Å². The lowest BCUT2D eigenvalue weighted by atomic mass is 9.89. The van der Waals surface area contributed by atoms with Crippen LogP contribution >= 0.6 is 24.0 Å². The number of carbonyl (C=O) groups is 1. The molecule has 0 amide bonds. The molecule has 0 fully saturated rings. The van der Waals surface area contributed by atoms with E-state index in [1.807, 2.05) is 6.92 Å². The van der Waals surface area contributed by atoms with Crippen molar-refractivity contribution in [2.45, 2.75) is 32.2 Å². The van der Waals surface area contributed by atoms with Crippen LogP contribution in [0.15, 0.2) is 12.1 Å². The number of rotatable bonds is 3. The van der Waals surface area contributed by atoms with E-state index in [-0.39, 0.29) is 18.4 Å². The van der Waals surface area contributed by atoms with E-state index in [0.717, 1.165) is 30.2 Å². The van der Waals surface area contributed by atoms with Crippen LogP contribution in [0.1, 0.15) is 35.0 Å². The number of aryl methyl sites for hydroxylation is 1. The molecule has 126 valence electrons. The molecule has 4 nitrogen and oxygen atoms in total. The van der Waals surface area contributed by atoms with Crippen molar-refractivity contribution in [3.8, 4) is 0 Å². The Bertz CT molecular complexity index is 725. The number of ether oxygens (including phenoxy) is 1. The predicted molar refractivity (Wildman–Crippen MR) is 96.0 cm³/mol. The molecule has 6 heteroatoms. The highest BCUT2D eigenvalue weighted by Gasteiger charge is 2.27. The zero-order chi connectivity index (χ0) is 15.9. The minimum atomic E-state index is -0.280. The average Bonchev–Trinajstić information content (AvgIpc) is 2.87. The van der Waals surface area contributed by atoms with Gasteiger partial charge in [-0.2, -0.15) is 0 Å². The summed E-state index contributed by atoms with van der Waals surface area (Å²) in [7, 11) is 4.20. The van der Waals surface area contributed by atoms with Gasteiger partial charge >= 0.3 is 5.97 Å². The Morgan fingerprint density at radius 2 is 2.17 bits per heavy atom. The van der Waals surface area contributed by atoms with Crippen LogP contribution in [0.3, 0.4) is 0 Å². The van der Waals surface area contributed by atoms with Crippen LogP contribution in [0.2, 0.25) is 5.02 Å². The number of H-pyrrole nitrogens is 1. The molecule has 0 aliphatic heterocycles. The van der Waals surface area contributed by atoms with E-state index in [1.165, 1.54) is 11.3 Å². The summed E-state index contributed by atoms with van der Waals surface area (Å²) in [5.41, 5.74) is 3.88. The van der Waals surface area contributed by atoms with Crippen LogP contribution in [-0.2, 0) is 17.6 Å². The quantitative estimate of drug-likeness (QED) is 0.849. The van der Waals surface area contributed by atoms with Gasteiger partial charge in [-0.15, -0.1) is 12.4 Å². The number of nitrogens with zero attached hydrogens (tertiary/aromatic N) is 1. The maximum atomic E-state index is 12.3. The monoisotopic (exact) mass is 356 g/mol. The number of carbonyl (C=O) groups excluding carboxylic acids is 1. The minimum absolute atomic E-state index is 0. The molecule has 0 saturated heterocycles. The highest BCUT2D eigenvalue weighted by atomic mass is 35.5. The van der Waals surface area contributed by atoms with Crippen LogP contribution < -0.4 is 0 Å². The van der Waals surface area contributed by atoms with Gasteiger partial charge in [0.05, 0.1) is 22.7 Å². The maximum Gasteiger partial charge on any atom is 0.338 e. The number of aromatic nitrogens is 1. The van der Waals surface area contributed by atoms with Crippen molar-refractivity contribution in [3.63, 3.8) is 0 Å². The molecular formula is C17H22Cl2N2O2. The molecule has 0 radical (unpaired) electrons. The number of esters is 1. The Balaban J connectivity index is 0.00000192. The zero-order valence-corrected chi connectivity index (χ0v) is 15.2. The Labute approximate surface area is 147 Å². The van der Waals surface area contributed by atoms with Gasteiger partial charge < -0.3 is 14.6 Å². The first-order valence-electron chi connectivity index (χ1n) is 7.68. The third kappa shape index (κ3) is 3.21. The van der Waals surface area contributed by atoms with Crippen LogP contribution in [0, 0.1) is 0 Å².